The number of carboxylic acid groups (broad SMARTS) is 1. The molecule has 2 unspecified atom stereocenters. The lowest BCUT2D eigenvalue weighted by molar-refractivity contribution is -0.142. The monoisotopic (exact) mass is 300 g/mol. The second kappa shape index (κ2) is 9.60. The van der Waals surface area contributed by atoms with Crippen LogP contribution in [0.4, 0.5) is 4.79 Å². The van der Waals surface area contributed by atoms with Crippen molar-refractivity contribution in [3.63, 3.8) is 0 Å². The molecule has 0 saturated heterocycles. The minimum atomic E-state index is -0.806. The maximum atomic E-state index is 12.3. The van der Waals surface area contributed by atoms with Gasteiger partial charge < -0.3 is 20.1 Å². The highest BCUT2D eigenvalue weighted by atomic mass is 16.5. The van der Waals surface area contributed by atoms with Gasteiger partial charge in [-0.1, -0.05) is 19.3 Å². The zero-order valence-electron chi connectivity index (χ0n) is 13.1. The summed E-state index contributed by atoms with van der Waals surface area (Å²) < 4.78 is 5.27. The molecule has 0 heterocycles. The van der Waals surface area contributed by atoms with Gasteiger partial charge in [-0.25, -0.2) is 4.79 Å². The minimum absolute atomic E-state index is 0.185. The minimum Gasteiger partial charge on any atom is -0.481 e. The summed E-state index contributed by atoms with van der Waals surface area (Å²) in [5.41, 5.74) is 0. The van der Waals surface area contributed by atoms with E-state index in [0.717, 1.165) is 25.7 Å². The highest BCUT2D eigenvalue weighted by Gasteiger charge is 2.31. The molecular weight excluding hydrogens is 272 g/mol. The Hall–Kier alpha value is -1.30. The first kappa shape index (κ1) is 17.8. The van der Waals surface area contributed by atoms with Crippen LogP contribution in [-0.4, -0.2) is 54.4 Å². The van der Waals surface area contributed by atoms with Gasteiger partial charge in [0, 0.05) is 25.7 Å². The van der Waals surface area contributed by atoms with E-state index in [1.165, 1.54) is 0 Å². The van der Waals surface area contributed by atoms with Crippen molar-refractivity contribution >= 4 is 12.0 Å². The van der Waals surface area contributed by atoms with Crippen molar-refractivity contribution in [3.8, 4) is 0 Å². The number of hydrogen-bond acceptors (Lipinski definition) is 3. The van der Waals surface area contributed by atoms with E-state index in [4.69, 9.17) is 4.74 Å². The lowest BCUT2D eigenvalue weighted by Crippen LogP contribution is -2.49. The van der Waals surface area contributed by atoms with Crippen LogP contribution in [-0.2, 0) is 9.53 Å². The molecule has 6 nitrogen and oxygen atoms in total. The number of nitrogens with one attached hydrogen (secondary N) is 1. The average Bonchev–Trinajstić information content (AvgIpc) is 2.69. The molecule has 0 spiro atoms. The predicted molar refractivity (Wildman–Crippen MR) is 80.3 cm³/mol. The standard InChI is InChI=1S/C15H28N2O4/c1-3-17(10-11-21-4-2)15(20)16-13-9-7-5-6-8-12(13)14(18)19/h12-13H,3-11H2,1-2H3,(H,16,20)(H,18,19). The number of urea groups is 1. The Morgan fingerprint density at radius 3 is 2.57 bits per heavy atom. The summed E-state index contributed by atoms with van der Waals surface area (Å²) in [7, 11) is 0. The average molecular weight is 300 g/mol. The lowest BCUT2D eigenvalue weighted by Gasteiger charge is -2.27. The van der Waals surface area contributed by atoms with Crippen LogP contribution in [0.5, 0.6) is 0 Å². The molecule has 6 heteroatoms. The summed E-state index contributed by atoms with van der Waals surface area (Å²) in [5.74, 6) is -1.28. The Morgan fingerprint density at radius 2 is 1.95 bits per heavy atom. The third-order valence-corrected chi connectivity index (χ3v) is 4.02. The summed E-state index contributed by atoms with van der Waals surface area (Å²) in [6.45, 7) is 6.07. The van der Waals surface area contributed by atoms with Crippen molar-refractivity contribution in [3.05, 3.63) is 0 Å². The van der Waals surface area contributed by atoms with E-state index in [1.54, 1.807) is 4.90 Å². The molecule has 1 aliphatic rings. The zero-order chi connectivity index (χ0) is 15.7. The molecule has 1 saturated carbocycles. The van der Waals surface area contributed by atoms with Crippen molar-refractivity contribution in [2.75, 3.05) is 26.3 Å². The molecule has 2 N–H and O–H groups in total. The van der Waals surface area contributed by atoms with E-state index in [2.05, 4.69) is 5.32 Å². The molecule has 0 aromatic carbocycles. The third kappa shape index (κ3) is 5.91. The summed E-state index contributed by atoms with van der Waals surface area (Å²) >= 11 is 0. The smallest absolute Gasteiger partial charge is 0.317 e. The molecule has 21 heavy (non-hydrogen) atoms. The number of carbonyl (C=O) groups excluding carboxylic acids is 1. The van der Waals surface area contributed by atoms with Crippen LogP contribution >= 0.6 is 0 Å². The topological polar surface area (TPSA) is 78.9 Å². The molecule has 0 aromatic heterocycles. The van der Waals surface area contributed by atoms with Gasteiger partial charge in [-0.15, -0.1) is 0 Å². The molecule has 122 valence electrons. The number of nitrogens with zero attached hydrogens (tertiary/aromatic N) is 1. The number of ether oxygens (including phenoxy) is 1. The van der Waals surface area contributed by atoms with Crippen molar-refractivity contribution in [1.82, 2.24) is 10.2 Å². The largest absolute Gasteiger partial charge is 0.481 e. The summed E-state index contributed by atoms with van der Waals surface area (Å²) in [6, 6.07) is -0.450. The first-order valence-corrected chi connectivity index (χ1v) is 7.96. The molecule has 2 atom stereocenters. The molecular formula is C15H28N2O4. The lowest BCUT2D eigenvalue weighted by atomic mass is 9.95. The van der Waals surface area contributed by atoms with Crippen molar-refractivity contribution in [1.29, 1.82) is 0 Å². The van der Waals surface area contributed by atoms with Crippen LogP contribution in [0.1, 0.15) is 46.0 Å². The van der Waals surface area contributed by atoms with Crippen LogP contribution < -0.4 is 5.32 Å². The maximum Gasteiger partial charge on any atom is 0.317 e. The number of hydrogen-bond donors (Lipinski definition) is 2. The van der Waals surface area contributed by atoms with Gasteiger partial charge in [0.05, 0.1) is 12.5 Å². The van der Waals surface area contributed by atoms with E-state index in [-0.39, 0.29) is 12.1 Å². The van der Waals surface area contributed by atoms with Crippen LogP contribution in [0.25, 0.3) is 0 Å². The number of carboxylic acids is 1. The number of likely N-dealkylation sites (N-methyl/N-ethyl adjacent to an activating group) is 1. The van der Waals surface area contributed by atoms with E-state index in [1.807, 2.05) is 13.8 Å². The molecule has 0 aromatic rings. The summed E-state index contributed by atoms with van der Waals surface area (Å²) in [5, 5.41) is 12.2. The van der Waals surface area contributed by atoms with E-state index >= 15 is 0 Å². The number of carbonyl (C=O) groups is 2. The second-order valence-corrected chi connectivity index (χ2v) is 5.42. The Kier molecular flexibility index (Phi) is 8.12. The van der Waals surface area contributed by atoms with Crippen LogP contribution in [0, 0.1) is 5.92 Å². The molecule has 0 radical (unpaired) electrons. The highest BCUT2D eigenvalue weighted by molar-refractivity contribution is 5.76. The van der Waals surface area contributed by atoms with E-state index in [9.17, 15) is 14.7 Å². The Morgan fingerprint density at radius 1 is 1.24 bits per heavy atom. The zero-order valence-corrected chi connectivity index (χ0v) is 13.1. The van der Waals surface area contributed by atoms with Crippen LogP contribution in [0.3, 0.4) is 0 Å². The molecule has 1 rings (SSSR count). The normalized spacial score (nSPS) is 22.4. The fraction of sp³-hybridized carbons (Fsp3) is 0.867. The number of rotatable bonds is 7. The molecule has 1 aliphatic carbocycles. The fourth-order valence-corrected chi connectivity index (χ4v) is 2.75. The molecule has 2 amide bonds. The maximum absolute atomic E-state index is 12.3. The first-order valence-electron chi connectivity index (χ1n) is 7.96. The van der Waals surface area contributed by atoms with Gasteiger partial charge >= 0.3 is 12.0 Å². The first-order chi connectivity index (χ1) is 10.1. The third-order valence-electron chi connectivity index (χ3n) is 4.02. The molecule has 0 bridgehead atoms. The van der Waals surface area contributed by atoms with Gasteiger partial charge in [0.15, 0.2) is 0 Å². The van der Waals surface area contributed by atoms with Gasteiger partial charge in [0.1, 0.15) is 0 Å². The Labute approximate surface area is 126 Å². The van der Waals surface area contributed by atoms with Gasteiger partial charge in [-0.05, 0) is 26.7 Å². The van der Waals surface area contributed by atoms with Gasteiger partial charge in [-0.3, -0.25) is 4.79 Å². The SMILES string of the molecule is CCOCCN(CC)C(=O)NC1CCCCCC1C(=O)O. The summed E-state index contributed by atoms with van der Waals surface area (Å²) in [4.78, 5) is 25.3. The number of aliphatic carboxylic acids is 1. The van der Waals surface area contributed by atoms with Crippen molar-refractivity contribution < 1.29 is 19.4 Å². The summed E-state index contributed by atoms with van der Waals surface area (Å²) in [6.07, 6.45) is 4.32. The highest BCUT2D eigenvalue weighted by Crippen LogP contribution is 2.24. The van der Waals surface area contributed by atoms with Crippen LogP contribution in [0.2, 0.25) is 0 Å². The fourth-order valence-electron chi connectivity index (χ4n) is 2.75. The molecule has 0 aliphatic heterocycles. The van der Waals surface area contributed by atoms with Crippen molar-refractivity contribution in [2.45, 2.75) is 52.0 Å². The van der Waals surface area contributed by atoms with Gasteiger partial charge in [0.2, 0.25) is 0 Å². The second-order valence-electron chi connectivity index (χ2n) is 5.42. The van der Waals surface area contributed by atoms with Gasteiger partial charge in [-0.2, -0.15) is 0 Å². The van der Waals surface area contributed by atoms with E-state index < -0.39 is 11.9 Å². The molecule has 1 fully saturated rings. The Bertz CT molecular complexity index is 336. The van der Waals surface area contributed by atoms with Gasteiger partial charge in [0.25, 0.3) is 0 Å². The van der Waals surface area contributed by atoms with E-state index in [0.29, 0.717) is 32.7 Å². The predicted octanol–water partition coefficient (Wildman–Crippen LogP) is 2.09. The quantitative estimate of drug-likeness (QED) is 0.557. The van der Waals surface area contributed by atoms with Crippen LogP contribution in [0.15, 0.2) is 0 Å². The Balaban J connectivity index is 2.57. The number of amides is 2. The van der Waals surface area contributed by atoms with Crippen molar-refractivity contribution in [2.24, 2.45) is 5.92 Å².